The highest BCUT2D eigenvalue weighted by Gasteiger charge is 2.34. The summed E-state index contributed by atoms with van der Waals surface area (Å²) < 4.78 is 28.1. The van der Waals surface area contributed by atoms with Crippen LogP contribution < -0.4 is 5.32 Å². The van der Waals surface area contributed by atoms with Crippen molar-refractivity contribution in [1.29, 1.82) is 0 Å². The van der Waals surface area contributed by atoms with E-state index >= 15 is 0 Å². The SMILES string of the molecule is CC(=O)NC1CCN(S(=O)(=O)c2cc(Br)c(C)cc2Br)C1. The van der Waals surface area contributed by atoms with Crippen LogP contribution in [0.2, 0.25) is 0 Å². The number of hydrogen-bond acceptors (Lipinski definition) is 3. The summed E-state index contributed by atoms with van der Waals surface area (Å²) in [7, 11) is -3.57. The second-order valence-electron chi connectivity index (χ2n) is 5.08. The average molecular weight is 440 g/mol. The first-order valence-corrected chi connectivity index (χ1v) is 9.47. The summed E-state index contributed by atoms with van der Waals surface area (Å²) in [4.78, 5) is 11.3. The Labute approximate surface area is 141 Å². The normalized spacial score (nSPS) is 19.7. The van der Waals surface area contributed by atoms with E-state index in [1.165, 1.54) is 11.2 Å². The monoisotopic (exact) mass is 438 g/mol. The molecular weight excluding hydrogens is 424 g/mol. The molecule has 0 saturated carbocycles. The minimum absolute atomic E-state index is 0.120. The van der Waals surface area contributed by atoms with Gasteiger partial charge in [0.15, 0.2) is 0 Å². The predicted octanol–water partition coefficient (Wildman–Crippen LogP) is 2.42. The van der Waals surface area contributed by atoms with Crippen molar-refractivity contribution in [1.82, 2.24) is 9.62 Å². The molecule has 0 bridgehead atoms. The lowest BCUT2D eigenvalue weighted by atomic mass is 10.2. The maximum atomic E-state index is 12.7. The van der Waals surface area contributed by atoms with Crippen molar-refractivity contribution in [2.24, 2.45) is 0 Å². The van der Waals surface area contributed by atoms with Crippen LogP contribution in [0.5, 0.6) is 0 Å². The molecule has 1 unspecified atom stereocenters. The van der Waals surface area contributed by atoms with Gasteiger partial charge in [-0.05, 0) is 47.0 Å². The molecule has 8 heteroatoms. The van der Waals surface area contributed by atoms with E-state index in [-0.39, 0.29) is 16.8 Å². The fourth-order valence-corrected chi connectivity index (χ4v) is 5.46. The number of amides is 1. The molecule has 1 aromatic carbocycles. The number of sulfonamides is 1. The van der Waals surface area contributed by atoms with E-state index in [4.69, 9.17) is 0 Å². The van der Waals surface area contributed by atoms with Crippen LogP contribution in [0.4, 0.5) is 0 Å². The first-order valence-electron chi connectivity index (χ1n) is 6.44. The number of hydrogen-bond donors (Lipinski definition) is 1. The van der Waals surface area contributed by atoms with Gasteiger partial charge in [0.1, 0.15) is 0 Å². The number of nitrogens with zero attached hydrogens (tertiary/aromatic N) is 1. The van der Waals surface area contributed by atoms with Gasteiger partial charge in [-0.15, -0.1) is 0 Å². The molecule has 1 fully saturated rings. The van der Waals surface area contributed by atoms with E-state index in [1.807, 2.05) is 6.92 Å². The number of nitrogens with one attached hydrogen (secondary N) is 1. The lowest BCUT2D eigenvalue weighted by Crippen LogP contribution is -2.37. The minimum Gasteiger partial charge on any atom is -0.352 e. The summed E-state index contributed by atoms with van der Waals surface area (Å²) in [5.41, 5.74) is 0.957. The van der Waals surface area contributed by atoms with E-state index in [1.54, 1.807) is 12.1 Å². The molecule has 0 aromatic heterocycles. The summed E-state index contributed by atoms with van der Waals surface area (Å²) in [5.74, 6) is -0.140. The van der Waals surface area contributed by atoms with Crippen molar-refractivity contribution in [3.8, 4) is 0 Å². The molecule has 116 valence electrons. The van der Waals surface area contributed by atoms with Crippen LogP contribution in [0.25, 0.3) is 0 Å². The molecule has 1 saturated heterocycles. The van der Waals surface area contributed by atoms with Crippen LogP contribution in [0.15, 0.2) is 26.0 Å². The van der Waals surface area contributed by atoms with Gasteiger partial charge in [-0.3, -0.25) is 4.79 Å². The molecule has 0 aliphatic carbocycles. The Kier molecular flexibility index (Phi) is 5.12. The first-order chi connectivity index (χ1) is 9.71. The topological polar surface area (TPSA) is 66.5 Å². The van der Waals surface area contributed by atoms with E-state index < -0.39 is 10.0 Å². The van der Waals surface area contributed by atoms with Crippen LogP contribution in [-0.4, -0.2) is 37.8 Å². The Balaban J connectivity index is 2.28. The zero-order chi connectivity index (χ0) is 15.8. The highest BCUT2D eigenvalue weighted by molar-refractivity contribution is 9.11. The molecule has 1 aromatic rings. The van der Waals surface area contributed by atoms with Crippen LogP contribution in [0.1, 0.15) is 18.9 Å². The van der Waals surface area contributed by atoms with Crippen molar-refractivity contribution in [2.75, 3.05) is 13.1 Å². The van der Waals surface area contributed by atoms with Crippen LogP contribution in [-0.2, 0) is 14.8 Å². The van der Waals surface area contributed by atoms with E-state index in [0.717, 1.165) is 10.0 Å². The number of rotatable bonds is 3. The molecule has 1 heterocycles. The molecule has 21 heavy (non-hydrogen) atoms. The summed E-state index contributed by atoms with van der Waals surface area (Å²) in [6.07, 6.45) is 0.628. The van der Waals surface area contributed by atoms with Gasteiger partial charge >= 0.3 is 0 Å². The van der Waals surface area contributed by atoms with Gasteiger partial charge in [-0.1, -0.05) is 15.9 Å². The standard InChI is InChI=1S/C13H16Br2N2O3S/c1-8-5-12(15)13(6-11(8)14)21(19,20)17-4-3-10(7-17)16-9(2)18/h5-6,10H,3-4,7H2,1-2H3,(H,16,18). The van der Waals surface area contributed by atoms with E-state index in [0.29, 0.717) is 24.0 Å². The largest absolute Gasteiger partial charge is 0.352 e. The second kappa shape index (κ2) is 6.36. The number of benzene rings is 1. The van der Waals surface area contributed by atoms with Gasteiger partial charge in [0.05, 0.1) is 4.90 Å². The van der Waals surface area contributed by atoms with Crippen LogP contribution in [0.3, 0.4) is 0 Å². The third kappa shape index (κ3) is 3.67. The van der Waals surface area contributed by atoms with Gasteiger partial charge in [0.25, 0.3) is 0 Å². The maximum absolute atomic E-state index is 12.7. The Morgan fingerprint density at radius 1 is 1.33 bits per heavy atom. The highest BCUT2D eigenvalue weighted by atomic mass is 79.9. The first kappa shape index (κ1) is 16.9. The Morgan fingerprint density at radius 2 is 2.00 bits per heavy atom. The van der Waals surface area contributed by atoms with Crippen molar-refractivity contribution in [3.05, 3.63) is 26.6 Å². The maximum Gasteiger partial charge on any atom is 0.244 e. The molecule has 1 aliphatic heterocycles. The molecule has 5 nitrogen and oxygen atoms in total. The summed E-state index contributed by atoms with van der Waals surface area (Å²) >= 11 is 6.69. The zero-order valence-corrected chi connectivity index (χ0v) is 15.7. The molecular formula is C13H16Br2N2O3S. The van der Waals surface area contributed by atoms with E-state index in [9.17, 15) is 13.2 Å². The zero-order valence-electron chi connectivity index (χ0n) is 11.7. The number of aryl methyl sites for hydroxylation is 1. The van der Waals surface area contributed by atoms with Crippen LogP contribution in [0, 0.1) is 6.92 Å². The third-order valence-electron chi connectivity index (χ3n) is 3.39. The van der Waals surface area contributed by atoms with Gasteiger partial charge in [0, 0.05) is 35.0 Å². The van der Waals surface area contributed by atoms with Gasteiger partial charge in [-0.25, -0.2) is 8.42 Å². The average Bonchev–Trinajstić information content (AvgIpc) is 2.81. The smallest absolute Gasteiger partial charge is 0.244 e. The minimum atomic E-state index is -3.57. The number of carbonyl (C=O) groups is 1. The quantitative estimate of drug-likeness (QED) is 0.786. The molecule has 1 atom stereocenters. The number of carbonyl (C=O) groups excluding carboxylic acids is 1. The molecule has 2 rings (SSSR count). The highest BCUT2D eigenvalue weighted by Crippen LogP contribution is 2.32. The van der Waals surface area contributed by atoms with Gasteiger partial charge in [0.2, 0.25) is 15.9 Å². The predicted molar refractivity (Wildman–Crippen MR) is 87.6 cm³/mol. The van der Waals surface area contributed by atoms with Gasteiger partial charge < -0.3 is 5.32 Å². The molecule has 1 N–H and O–H groups in total. The van der Waals surface area contributed by atoms with Crippen molar-refractivity contribution in [2.45, 2.75) is 31.2 Å². The van der Waals surface area contributed by atoms with E-state index in [2.05, 4.69) is 37.2 Å². The summed E-state index contributed by atoms with van der Waals surface area (Å²) in [6.45, 7) is 4.05. The number of halogens is 2. The van der Waals surface area contributed by atoms with Crippen molar-refractivity contribution >= 4 is 47.8 Å². The van der Waals surface area contributed by atoms with Crippen LogP contribution >= 0.6 is 31.9 Å². The van der Waals surface area contributed by atoms with Gasteiger partial charge in [-0.2, -0.15) is 4.31 Å². The molecule has 0 radical (unpaired) electrons. The van der Waals surface area contributed by atoms with Crippen molar-refractivity contribution < 1.29 is 13.2 Å². The fraction of sp³-hybridized carbons (Fsp3) is 0.462. The Hall–Kier alpha value is -0.440. The third-order valence-corrected chi connectivity index (χ3v) is 7.07. The van der Waals surface area contributed by atoms with Crippen molar-refractivity contribution in [3.63, 3.8) is 0 Å². The lowest BCUT2D eigenvalue weighted by molar-refractivity contribution is -0.119. The molecule has 1 amide bonds. The summed E-state index contributed by atoms with van der Waals surface area (Å²) in [6, 6.07) is 3.27. The Morgan fingerprint density at radius 3 is 2.62 bits per heavy atom. The summed E-state index contributed by atoms with van der Waals surface area (Å²) in [5, 5.41) is 2.76. The lowest BCUT2D eigenvalue weighted by Gasteiger charge is -2.18. The molecule has 0 spiro atoms. The molecule has 1 aliphatic rings. The fourth-order valence-electron chi connectivity index (χ4n) is 2.32. The Bertz CT molecular complexity index is 676. The second-order valence-corrected chi connectivity index (χ2v) is 8.70.